The van der Waals surface area contributed by atoms with Crippen LogP contribution >= 0.6 is 15.9 Å². The smallest absolute Gasteiger partial charge is 0.187 e. The van der Waals surface area contributed by atoms with Gasteiger partial charge >= 0.3 is 0 Å². The molecule has 0 aliphatic rings. The maximum Gasteiger partial charge on any atom is 0.187 e. The highest BCUT2D eigenvalue weighted by Crippen LogP contribution is 2.20. The monoisotopic (exact) mass is 359 g/mol. The van der Waals surface area contributed by atoms with Gasteiger partial charge in [-0.1, -0.05) is 15.9 Å². The van der Waals surface area contributed by atoms with Crippen LogP contribution in [0.5, 0.6) is 5.75 Å². The van der Waals surface area contributed by atoms with E-state index >= 15 is 0 Å². The number of hydrogen-bond acceptors (Lipinski definition) is 3. The van der Waals surface area contributed by atoms with Crippen LogP contribution in [0.4, 0.5) is 5.69 Å². The van der Waals surface area contributed by atoms with E-state index in [9.17, 15) is 4.79 Å². The normalized spacial score (nSPS) is 10.7. The molecule has 2 aromatic carbocycles. The first-order chi connectivity index (χ1) is 10.6. The Morgan fingerprint density at radius 1 is 1.23 bits per heavy atom. The Morgan fingerprint density at radius 2 is 1.95 bits per heavy atom. The quantitative estimate of drug-likeness (QED) is 0.584. The summed E-state index contributed by atoms with van der Waals surface area (Å²) in [5.74, 6) is 0.718. The molecule has 0 aromatic heterocycles. The van der Waals surface area contributed by atoms with Crippen molar-refractivity contribution in [2.24, 2.45) is 0 Å². The summed E-state index contributed by atoms with van der Waals surface area (Å²) in [6.07, 6.45) is 3.18. The average molecular weight is 360 g/mol. The zero-order chi connectivity index (χ0) is 15.9. The van der Waals surface area contributed by atoms with E-state index in [1.54, 1.807) is 30.5 Å². The van der Waals surface area contributed by atoms with E-state index in [2.05, 4.69) is 21.2 Å². The highest BCUT2D eigenvalue weighted by molar-refractivity contribution is 9.10. The van der Waals surface area contributed by atoms with Crippen LogP contribution in [-0.2, 0) is 0 Å². The maximum absolute atomic E-state index is 12.0. The third-order valence-corrected chi connectivity index (χ3v) is 3.98. The summed E-state index contributed by atoms with van der Waals surface area (Å²) in [6.45, 7) is 4.56. The van der Waals surface area contributed by atoms with Crippen LogP contribution < -0.4 is 10.1 Å². The van der Waals surface area contributed by atoms with Crippen molar-refractivity contribution in [3.05, 3.63) is 70.3 Å². The van der Waals surface area contributed by atoms with Crippen molar-refractivity contribution in [3.8, 4) is 5.75 Å². The number of anilines is 1. The zero-order valence-corrected chi connectivity index (χ0v) is 14.2. The van der Waals surface area contributed by atoms with Crippen molar-refractivity contribution in [2.45, 2.75) is 13.8 Å². The third kappa shape index (κ3) is 4.46. The van der Waals surface area contributed by atoms with E-state index in [1.165, 1.54) is 6.08 Å². The van der Waals surface area contributed by atoms with E-state index < -0.39 is 0 Å². The molecule has 0 saturated heterocycles. The summed E-state index contributed by atoms with van der Waals surface area (Å²) in [5, 5.41) is 3.10. The minimum Gasteiger partial charge on any atom is -0.494 e. The second-order valence-corrected chi connectivity index (χ2v) is 5.62. The lowest BCUT2D eigenvalue weighted by atomic mass is 10.1. The Balaban J connectivity index is 1.97. The van der Waals surface area contributed by atoms with Crippen molar-refractivity contribution >= 4 is 27.4 Å². The van der Waals surface area contributed by atoms with Gasteiger partial charge in [-0.15, -0.1) is 0 Å². The molecule has 0 radical (unpaired) electrons. The number of allylic oxidation sites excluding steroid dienone is 1. The molecule has 0 unspecified atom stereocenters. The largest absolute Gasteiger partial charge is 0.494 e. The van der Waals surface area contributed by atoms with Gasteiger partial charge in [0.1, 0.15) is 5.75 Å². The molecule has 0 bridgehead atoms. The van der Waals surface area contributed by atoms with E-state index in [0.717, 1.165) is 21.5 Å². The molecule has 114 valence electrons. The van der Waals surface area contributed by atoms with E-state index in [-0.39, 0.29) is 5.78 Å². The number of aryl methyl sites for hydroxylation is 1. The molecule has 2 aromatic rings. The highest BCUT2D eigenvalue weighted by atomic mass is 79.9. The average Bonchev–Trinajstić information content (AvgIpc) is 2.52. The van der Waals surface area contributed by atoms with E-state index in [4.69, 9.17) is 4.74 Å². The maximum atomic E-state index is 12.0. The molecule has 0 aliphatic carbocycles. The topological polar surface area (TPSA) is 38.3 Å². The van der Waals surface area contributed by atoms with Gasteiger partial charge in [0.15, 0.2) is 5.78 Å². The van der Waals surface area contributed by atoms with Crippen LogP contribution in [0.1, 0.15) is 22.8 Å². The SMILES string of the molecule is CCOc1ccc(C(=O)C=CNc2ccc(Br)c(C)c2)cc1. The Hall–Kier alpha value is -2.07. The number of ketones is 1. The molecule has 3 nitrogen and oxygen atoms in total. The first-order valence-electron chi connectivity index (χ1n) is 7.06. The summed E-state index contributed by atoms with van der Waals surface area (Å²) < 4.78 is 6.42. The number of carbonyl (C=O) groups excluding carboxylic acids is 1. The summed E-state index contributed by atoms with van der Waals surface area (Å²) in [7, 11) is 0. The fourth-order valence-corrected chi connectivity index (χ4v) is 2.17. The summed E-state index contributed by atoms with van der Waals surface area (Å²) in [4.78, 5) is 12.0. The van der Waals surface area contributed by atoms with Crippen LogP contribution in [0, 0.1) is 6.92 Å². The van der Waals surface area contributed by atoms with Crippen molar-refractivity contribution in [3.63, 3.8) is 0 Å². The predicted molar refractivity (Wildman–Crippen MR) is 93.6 cm³/mol. The number of ether oxygens (including phenoxy) is 1. The molecule has 2 rings (SSSR count). The van der Waals surface area contributed by atoms with Gasteiger partial charge in [0.25, 0.3) is 0 Å². The summed E-state index contributed by atoms with van der Waals surface area (Å²) in [6, 6.07) is 13.1. The lowest BCUT2D eigenvalue weighted by Crippen LogP contribution is -1.97. The number of halogens is 1. The van der Waals surface area contributed by atoms with Crippen LogP contribution in [0.3, 0.4) is 0 Å². The van der Waals surface area contributed by atoms with Gasteiger partial charge in [0.05, 0.1) is 6.61 Å². The van der Waals surface area contributed by atoms with Crippen LogP contribution in [0.25, 0.3) is 0 Å². The van der Waals surface area contributed by atoms with Crippen molar-refractivity contribution < 1.29 is 9.53 Å². The fourth-order valence-electron chi connectivity index (χ4n) is 1.93. The van der Waals surface area contributed by atoms with Gasteiger partial charge in [-0.25, -0.2) is 0 Å². The van der Waals surface area contributed by atoms with Gasteiger partial charge in [0.2, 0.25) is 0 Å². The molecule has 0 saturated carbocycles. The van der Waals surface area contributed by atoms with Crippen molar-refractivity contribution in [1.29, 1.82) is 0 Å². The molecule has 0 heterocycles. The first-order valence-corrected chi connectivity index (χ1v) is 7.86. The van der Waals surface area contributed by atoms with Gasteiger partial charge in [-0.2, -0.15) is 0 Å². The van der Waals surface area contributed by atoms with Gasteiger partial charge in [-0.05, 0) is 61.9 Å². The van der Waals surface area contributed by atoms with Crippen LogP contribution in [-0.4, -0.2) is 12.4 Å². The molecule has 0 aliphatic heterocycles. The van der Waals surface area contributed by atoms with E-state index in [1.807, 2.05) is 32.0 Å². The molecule has 1 N–H and O–H groups in total. The molecule has 0 amide bonds. The zero-order valence-electron chi connectivity index (χ0n) is 12.6. The van der Waals surface area contributed by atoms with Crippen LogP contribution in [0.15, 0.2) is 59.2 Å². The Morgan fingerprint density at radius 3 is 2.59 bits per heavy atom. The second kappa shape index (κ2) is 7.80. The lowest BCUT2D eigenvalue weighted by Gasteiger charge is -2.04. The van der Waals surface area contributed by atoms with Gasteiger partial charge in [0, 0.05) is 28.0 Å². The minimum atomic E-state index is -0.0515. The highest BCUT2D eigenvalue weighted by Gasteiger charge is 2.02. The molecule has 22 heavy (non-hydrogen) atoms. The number of benzene rings is 2. The molecular weight excluding hydrogens is 342 g/mol. The Labute approximate surface area is 139 Å². The summed E-state index contributed by atoms with van der Waals surface area (Å²) >= 11 is 3.46. The first kappa shape index (κ1) is 16.3. The number of rotatable bonds is 6. The third-order valence-electron chi connectivity index (χ3n) is 3.09. The van der Waals surface area contributed by atoms with Crippen molar-refractivity contribution in [2.75, 3.05) is 11.9 Å². The lowest BCUT2D eigenvalue weighted by molar-refractivity contribution is 0.104. The Kier molecular flexibility index (Phi) is 5.78. The molecule has 0 spiro atoms. The summed E-state index contributed by atoms with van der Waals surface area (Å²) in [5.41, 5.74) is 2.71. The molecule has 0 fully saturated rings. The number of hydrogen-bond donors (Lipinski definition) is 1. The predicted octanol–water partition coefficient (Wildman–Crippen LogP) is 4.96. The van der Waals surface area contributed by atoms with Gasteiger partial charge < -0.3 is 10.1 Å². The fraction of sp³-hybridized carbons (Fsp3) is 0.167. The Bertz CT molecular complexity index is 678. The van der Waals surface area contributed by atoms with Crippen molar-refractivity contribution in [1.82, 2.24) is 0 Å². The second-order valence-electron chi connectivity index (χ2n) is 4.76. The molecule has 4 heteroatoms. The minimum absolute atomic E-state index is 0.0515. The van der Waals surface area contributed by atoms with Gasteiger partial charge in [-0.3, -0.25) is 4.79 Å². The van der Waals surface area contributed by atoms with Crippen LogP contribution in [0.2, 0.25) is 0 Å². The van der Waals surface area contributed by atoms with E-state index in [0.29, 0.717) is 12.2 Å². The molecule has 0 atom stereocenters. The standard InChI is InChI=1S/C18H18BrNO2/c1-3-22-16-7-4-14(5-8-16)18(21)10-11-20-15-6-9-17(19)13(2)12-15/h4-12,20H,3H2,1-2H3. The molecular formula is C18H18BrNO2. The number of carbonyl (C=O) groups is 1. The number of nitrogens with one attached hydrogen (secondary N) is 1.